The maximum Gasteiger partial charge on any atom is 0.0189 e. The first kappa shape index (κ1) is 10.6. The molecule has 1 aromatic carbocycles. The lowest BCUT2D eigenvalue weighted by Gasteiger charge is -2.10. The standard InChI is InChI=1S/C11H17NS/c1-8(2)9-4-5-11(13-3)10(6-9)7-12/h4-6,8H,7,12H2,1-3H3. The van der Waals surface area contributed by atoms with E-state index in [1.807, 2.05) is 0 Å². The molecule has 0 fully saturated rings. The zero-order valence-electron chi connectivity index (χ0n) is 8.50. The number of hydrogen-bond donors (Lipinski definition) is 1. The fraction of sp³-hybridized carbons (Fsp3) is 0.455. The molecule has 0 bridgehead atoms. The second-order valence-electron chi connectivity index (χ2n) is 3.43. The molecular formula is C11H17NS. The molecule has 0 saturated heterocycles. The van der Waals surface area contributed by atoms with Crippen molar-refractivity contribution in [1.82, 2.24) is 0 Å². The molecule has 0 aromatic heterocycles. The van der Waals surface area contributed by atoms with E-state index in [9.17, 15) is 0 Å². The molecule has 0 aliphatic carbocycles. The number of nitrogens with two attached hydrogens (primary N) is 1. The molecule has 2 heteroatoms. The van der Waals surface area contributed by atoms with Crippen LogP contribution in [0.25, 0.3) is 0 Å². The van der Waals surface area contributed by atoms with Crippen molar-refractivity contribution >= 4 is 11.8 Å². The highest BCUT2D eigenvalue weighted by Crippen LogP contribution is 2.24. The van der Waals surface area contributed by atoms with Crippen LogP contribution in [0.5, 0.6) is 0 Å². The maximum absolute atomic E-state index is 5.68. The molecule has 13 heavy (non-hydrogen) atoms. The van der Waals surface area contributed by atoms with E-state index in [0.717, 1.165) is 0 Å². The van der Waals surface area contributed by atoms with Crippen LogP contribution in [-0.4, -0.2) is 6.26 Å². The van der Waals surface area contributed by atoms with Gasteiger partial charge in [0.2, 0.25) is 0 Å². The van der Waals surface area contributed by atoms with Crippen LogP contribution in [0.15, 0.2) is 23.1 Å². The molecule has 0 amide bonds. The lowest BCUT2D eigenvalue weighted by atomic mass is 10.0. The van der Waals surface area contributed by atoms with Gasteiger partial charge in [0.25, 0.3) is 0 Å². The van der Waals surface area contributed by atoms with Crippen molar-refractivity contribution in [2.45, 2.75) is 31.2 Å². The van der Waals surface area contributed by atoms with Gasteiger partial charge in [0, 0.05) is 11.4 Å². The van der Waals surface area contributed by atoms with Crippen LogP contribution >= 0.6 is 11.8 Å². The SMILES string of the molecule is CSc1ccc(C(C)C)cc1CN. The van der Waals surface area contributed by atoms with Gasteiger partial charge in [-0.25, -0.2) is 0 Å². The maximum atomic E-state index is 5.68. The highest BCUT2D eigenvalue weighted by Gasteiger charge is 2.03. The highest BCUT2D eigenvalue weighted by atomic mass is 32.2. The Kier molecular flexibility index (Phi) is 3.82. The summed E-state index contributed by atoms with van der Waals surface area (Å²) in [5.41, 5.74) is 8.32. The number of hydrogen-bond acceptors (Lipinski definition) is 2. The molecule has 1 rings (SSSR count). The Morgan fingerprint density at radius 2 is 2.08 bits per heavy atom. The number of rotatable bonds is 3. The third kappa shape index (κ3) is 2.48. The second kappa shape index (κ2) is 4.68. The van der Waals surface area contributed by atoms with E-state index in [2.05, 4.69) is 38.3 Å². The van der Waals surface area contributed by atoms with E-state index in [4.69, 9.17) is 5.73 Å². The molecule has 0 aliphatic heterocycles. The Hall–Kier alpha value is -0.470. The van der Waals surface area contributed by atoms with Gasteiger partial charge < -0.3 is 5.73 Å². The zero-order valence-corrected chi connectivity index (χ0v) is 9.32. The summed E-state index contributed by atoms with van der Waals surface area (Å²) in [7, 11) is 0. The summed E-state index contributed by atoms with van der Waals surface area (Å²) in [5, 5.41) is 0. The first-order valence-corrected chi connectivity index (χ1v) is 5.78. The topological polar surface area (TPSA) is 26.0 Å². The minimum absolute atomic E-state index is 0.584. The van der Waals surface area contributed by atoms with Gasteiger partial charge in [0.1, 0.15) is 0 Å². The zero-order chi connectivity index (χ0) is 9.84. The fourth-order valence-electron chi connectivity index (χ4n) is 1.32. The Balaban J connectivity index is 3.05. The summed E-state index contributed by atoms with van der Waals surface area (Å²) in [4.78, 5) is 1.30. The van der Waals surface area contributed by atoms with Crippen molar-refractivity contribution < 1.29 is 0 Å². The Bertz CT molecular complexity index is 281. The number of thioether (sulfide) groups is 1. The molecule has 0 heterocycles. The molecule has 0 saturated carbocycles. The lowest BCUT2D eigenvalue weighted by molar-refractivity contribution is 0.856. The first-order valence-electron chi connectivity index (χ1n) is 4.56. The highest BCUT2D eigenvalue weighted by molar-refractivity contribution is 7.98. The summed E-state index contributed by atoms with van der Waals surface area (Å²) in [6.45, 7) is 5.04. The van der Waals surface area contributed by atoms with Crippen LogP contribution in [0.3, 0.4) is 0 Å². The van der Waals surface area contributed by atoms with Crippen molar-refractivity contribution in [2.24, 2.45) is 5.73 Å². The molecule has 0 spiro atoms. The van der Waals surface area contributed by atoms with E-state index in [0.29, 0.717) is 12.5 Å². The molecule has 0 unspecified atom stereocenters. The summed E-state index contributed by atoms with van der Waals surface area (Å²) in [6, 6.07) is 6.58. The fourth-order valence-corrected chi connectivity index (χ4v) is 1.93. The minimum atomic E-state index is 0.584. The molecule has 0 aliphatic rings. The average molecular weight is 195 g/mol. The van der Waals surface area contributed by atoms with E-state index >= 15 is 0 Å². The van der Waals surface area contributed by atoms with Gasteiger partial charge in [-0.15, -0.1) is 11.8 Å². The predicted octanol–water partition coefficient (Wildman–Crippen LogP) is 2.99. The number of benzene rings is 1. The summed E-state index contributed by atoms with van der Waals surface area (Å²) < 4.78 is 0. The third-order valence-corrected chi connectivity index (χ3v) is 3.03. The van der Waals surface area contributed by atoms with Crippen molar-refractivity contribution in [1.29, 1.82) is 0 Å². The van der Waals surface area contributed by atoms with E-state index < -0.39 is 0 Å². The van der Waals surface area contributed by atoms with Gasteiger partial charge >= 0.3 is 0 Å². The van der Waals surface area contributed by atoms with Gasteiger partial charge in [-0.2, -0.15) is 0 Å². The average Bonchev–Trinajstić information content (AvgIpc) is 2.16. The molecule has 72 valence electrons. The van der Waals surface area contributed by atoms with Crippen LogP contribution in [0.1, 0.15) is 30.9 Å². The van der Waals surface area contributed by atoms with E-state index in [-0.39, 0.29) is 0 Å². The summed E-state index contributed by atoms with van der Waals surface area (Å²) >= 11 is 1.76. The van der Waals surface area contributed by atoms with Crippen molar-refractivity contribution in [2.75, 3.05) is 6.26 Å². The van der Waals surface area contributed by atoms with Crippen LogP contribution < -0.4 is 5.73 Å². The largest absolute Gasteiger partial charge is 0.326 e. The normalized spacial score (nSPS) is 10.8. The van der Waals surface area contributed by atoms with E-state index in [1.54, 1.807) is 11.8 Å². The van der Waals surface area contributed by atoms with Crippen LogP contribution in [0.2, 0.25) is 0 Å². The van der Waals surface area contributed by atoms with Crippen LogP contribution in [0, 0.1) is 0 Å². The van der Waals surface area contributed by atoms with Crippen molar-refractivity contribution in [3.63, 3.8) is 0 Å². The predicted molar refractivity (Wildman–Crippen MR) is 60.2 cm³/mol. The molecule has 0 atom stereocenters. The second-order valence-corrected chi connectivity index (χ2v) is 4.28. The van der Waals surface area contributed by atoms with Crippen LogP contribution in [0.4, 0.5) is 0 Å². The van der Waals surface area contributed by atoms with Gasteiger partial charge in [-0.05, 0) is 29.4 Å². The quantitative estimate of drug-likeness (QED) is 0.750. The summed E-state index contributed by atoms with van der Waals surface area (Å²) in [5.74, 6) is 0.584. The molecule has 1 aromatic rings. The lowest BCUT2D eigenvalue weighted by Crippen LogP contribution is -2.00. The van der Waals surface area contributed by atoms with Gasteiger partial charge in [-0.3, -0.25) is 0 Å². The molecule has 0 radical (unpaired) electrons. The first-order chi connectivity index (χ1) is 6.19. The van der Waals surface area contributed by atoms with Crippen molar-refractivity contribution in [3.05, 3.63) is 29.3 Å². The Morgan fingerprint density at radius 3 is 2.54 bits per heavy atom. The Labute approximate surface area is 84.7 Å². The third-order valence-electron chi connectivity index (χ3n) is 2.19. The van der Waals surface area contributed by atoms with Gasteiger partial charge in [0.05, 0.1) is 0 Å². The van der Waals surface area contributed by atoms with Gasteiger partial charge in [0.15, 0.2) is 0 Å². The van der Waals surface area contributed by atoms with E-state index in [1.165, 1.54) is 16.0 Å². The summed E-state index contributed by atoms with van der Waals surface area (Å²) in [6.07, 6.45) is 2.09. The molecule has 1 nitrogen and oxygen atoms in total. The van der Waals surface area contributed by atoms with Crippen molar-refractivity contribution in [3.8, 4) is 0 Å². The monoisotopic (exact) mass is 195 g/mol. The molecule has 2 N–H and O–H groups in total. The van der Waals surface area contributed by atoms with Crippen LogP contribution in [-0.2, 0) is 6.54 Å². The molecular weight excluding hydrogens is 178 g/mol. The smallest absolute Gasteiger partial charge is 0.0189 e. The van der Waals surface area contributed by atoms with Gasteiger partial charge in [-0.1, -0.05) is 26.0 Å². The minimum Gasteiger partial charge on any atom is -0.326 e. The Morgan fingerprint density at radius 1 is 1.38 bits per heavy atom.